The van der Waals surface area contributed by atoms with Crippen LogP contribution in [0.15, 0.2) is 28.1 Å². The predicted octanol–water partition coefficient (Wildman–Crippen LogP) is 2.68. The summed E-state index contributed by atoms with van der Waals surface area (Å²) in [6.07, 6.45) is 3.66. The Balaban J connectivity index is 1.58. The molecule has 0 radical (unpaired) electrons. The van der Waals surface area contributed by atoms with Gasteiger partial charge in [-0.25, -0.2) is 0 Å². The maximum absolute atomic E-state index is 12.1. The lowest BCUT2D eigenvalue weighted by molar-refractivity contribution is 0.0661. The molecule has 1 saturated carbocycles. The van der Waals surface area contributed by atoms with E-state index in [-0.39, 0.29) is 23.6 Å². The van der Waals surface area contributed by atoms with E-state index < -0.39 is 0 Å². The molecule has 2 atom stereocenters. The second-order valence-corrected chi connectivity index (χ2v) is 6.32. The molecule has 0 aromatic carbocycles. The first-order valence-electron chi connectivity index (χ1n) is 7.21. The van der Waals surface area contributed by atoms with Crippen molar-refractivity contribution in [1.82, 2.24) is 10.5 Å². The molecule has 2 aromatic heterocycles. The van der Waals surface area contributed by atoms with Gasteiger partial charge in [-0.3, -0.25) is 4.79 Å². The normalized spacial score (nSPS) is 22.1. The molecule has 0 aliphatic heterocycles. The second kappa shape index (κ2) is 6.41. The standard InChI is InChI=1S/C15H18N2O3S/c18-12-5-2-1-4-10(12)9-16-15(19)11-8-13(20-17-11)14-6-3-7-21-14/h3,6-8,10,12,18H,1-2,4-5,9H2,(H,16,19)/t10?,12-/m0/s1. The number of hydrogen-bond acceptors (Lipinski definition) is 5. The number of aliphatic hydroxyl groups excluding tert-OH is 1. The number of nitrogens with zero attached hydrogens (tertiary/aromatic N) is 1. The van der Waals surface area contributed by atoms with E-state index in [9.17, 15) is 9.90 Å². The summed E-state index contributed by atoms with van der Waals surface area (Å²) >= 11 is 1.54. The molecule has 112 valence electrons. The van der Waals surface area contributed by atoms with Gasteiger partial charge < -0.3 is 14.9 Å². The molecule has 1 fully saturated rings. The van der Waals surface area contributed by atoms with E-state index >= 15 is 0 Å². The molecule has 3 rings (SSSR count). The van der Waals surface area contributed by atoms with Crippen molar-refractivity contribution in [3.05, 3.63) is 29.3 Å². The number of aliphatic hydroxyl groups is 1. The predicted molar refractivity (Wildman–Crippen MR) is 80.1 cm³/mol. The van der Waals surface area contributed by atoms with Crippen LogP contribution in [0.5, 0.6) is 0 Å². The van der Waals surface area contributed by atoms with Gasteiger partial charge in [-0.1, -0.05) is 24.1 Å². The quantitative estimate of drug-likeness (QED) is 0.910. The molecule has 2 N–H and O–H groups in total. The zero-order chi connectivity index (χ0) is 14.7. The van der Waals surface area contributed by atoms with E-state index in [1.807, 2.05) is 17.5 Å². The molecule has 0 spiro atoms. The number of hydrogen-bond donors (Lipinski definition) is 2. The highest BCUT2D eigenvalue weighted by atomic mass is 32.1. The van der Waals surface area contributed by atoms with E-state index in [1.54, 1.807) is 6.07 Å². The Labute approximate surface area is 127 Å². The Morgan fingerprint density at radius 2 is 2.33 bits per heavy atom. The zero-order valence-electron chi connectivity index (χ0n) is 11.6. The number of aromatic nitrogens is 1. The van der Waals surface area contributed by atoms with Crippen LogP contribution in [0.2, 0.25) is 0 Å². The van der Waals surface area contributed by atoms with Gasteiger partial charge in [0.05, 0.1) is 11.0 Å². The van der Waals surface area contributed by atoms with Crippen molar-refractivity contribution < 1.29 is 14.4 Å². The van der Waals surface area contributed by atoms with Crippen LogP contribution >= 0.6 is 11.3 Å². The van der Waals surface area contributed by atoms with Gasteiger partial charge in [0.2, 0.25) is 0 Å². The third-order valence-electron chi connectivity index (χ3n) is 3.90. The summed E-state index contributed by atoms with van der Waals surface area (Å²) < 4.78 is 5.19. The molecule has 6 heteroatoms. The van der Waals surface area contributed by atoms with E-state index in [0.717, 1.165) is 30.6 Å². The Kier molecular flexibility index (Phi) is 4.36. The molecule has 2 heterocycles. The topological polar surface area (TPSA) is 75.4 Å². The lowest BCUT2D eigenvalue weighted by Crippen LogP contribution is -2.36. The summed E-state index contributed by atoms with van der Waals surface area (Å²) in [4.78, 5) is 13.0. The van der Waals surface area contributed by atoms with Crippen molar-refractivity contribution in [2.24, 2.45) is 5.92 Å². The Bertz CT molecular complexity index is 594. The van der Waals surface area contributed by atoms with Crippen LogP contribution in [0.4, 0.5) is 0 Å². The maximum atomic E-state index is 12.1. The van der Waals surface area contributed by atoms with Gasteiger partial charge in [-0.2, -0.15) is 0 Å². The summed E-state index contributed by atoms with van der Waals surface area (Å²) in [5.41, 5.74) is 0.281. The largest absolute Gasteiger partial charge is 0.393 e. The molecular formula is C15H18N2O3S. The molecule has 0 bridgehead atoms. The minimum Gasteiger partial charge on any atom is -0.393 e. The summed E-state index contributed by atoms with van der Waals surface area (Å²) in [5.74, 6) is 0.499. The first-order chi connectivity index (χ1) is 10.2. The number of nitrogens with one attached hydrogen (secondary N) is 1. The van der Waals surface area contributed by atoms with Gasteiger partial charge in [0, 0.05) is 18.5 Å². The molecule has 1 unspecified atom stereocenters. The third kappa shape index (κ3) is 3.33. The van der Waals surface area contributed by atoms with Gasteiger partial charge in [0.15, 0.2) is 11.5 Å². The molecule has 1 aliphatic carbocycles. The lowest BCUT2D eigenvalue weighted by atomic mass is 9.86. The van der Waals surface area contributed by atoms with Gasteiger partial charge in [-0.05, 0) is 24.3 Å². The van der Waals surface area contributed by atoms with Crippen LogP contribution in [-0.2, 0) is 0 Å². The fourth-order valence-electron chi connectivity index (χ4n) is 2.66. The van der Waals surface area contributed by atoms with E-state index in [1.165, 1.54) is 11.3 Å². The number of thiophene rings is 1. The first-order valence-corrected chi connectivity index (χ1v) is 8.09. The van der Waals surface area contributed by atoms with Crippen LogP contribution < -0.4 is 5.32 Å². The van der Waals surface area contributed by atoms with Crippen LogP contribution in [0.3, 0.4) is 0 Å². The minimum absolute atomic E-state index is 0.145. The summed E-state index contributed by atoms with van der Waals surface area (Å²) in [6.45, 7) is 0.487. The number of carbonyl (C=O) groups is 1. The summed E-state index contributed by atoms with van der Waals surface area (Å²) in [5, 5.41) is 18.5. The van der Waals surface area contributed by atoms with Gasteiger partial charge in [0.25, 0.3) is 5.91 Å². The molecule has 21 heavy (non-hydrogen) atoms. The minimum atomic E-state index is -0.307. The molecule has 2 aromatic rings. The monoisotopic (exact) mass is 306 g/mol. The van der Waals surface area contributed by atoms with Gasteiger partial charge >= 0.3 is 0 Å². The Morgan fingerprint density at radius 1 is 1.48 bits per heavy atom. The van der Waals surface area contributed by atoms with E-state index in [2.05, 4.69) is 10.5 Å². The van der Waals surface area contributed by atoms with Gasteiger partial charge in [-0.15, -0.1) is 11.3 Å². The van der Waals surface area contributed by atoms with Crippen molar-refractivity contribution in [3.63, 3.8) is 0 Å². The number of rotatable bonds is 4. The molecule has 5 nitrogen and oxygen atoms in total. The molecule has 1 aliphatic rings. The fourth-order valence-corrected chi connectivity index (χ4v) is 3.33. The van der Waals surface area contributed by atoms with Crippen molar-refractivity contribution >= 4 is 17.2 Å². The highest BCUT2D eigenvalue weighted by molar-refractivity contribution is 7.13. The van der Waals surface area contributed by atoms with Crippen LogP contribution in [0.1, 0.15) is 36.2 Å². The number of carbonyl (C=O) groups excluding carboxylic acids is 1. The van der Waals surface area contributed by atoms with Crippen LogP contribution in [0, 0.1) is 5.92 Å². The maximum Gasteiger partial charge on any atom is 0.273 e. The molecule has 1 amide bonds. The fraction of sp³-hybridized carbons (Fsp3) is 0.467. The van der Waals surface area contributed by atoms with E-state index in [4.69, 9.17) is 4.52 Å². The summed E-state index contributed by atoms with van der Waals surface area (Å²) in [6, 6.07) is 5.50. The van der Waals surface area contributed by atoms with Crippen LogP contribution in [0.25, 0.3) is 10.6 Å². The van der Waals surface area contributed by atoms with Crippen molar-refractivity contribution in [1.29, 1.82) is 0 Å². The smallest absolute Gasteiger partial charge is 0.273 e. The zero-order valence-corrected chi connectivity index (χ0v) is 12.4. The van der Waals surface area contributed by atoms with Crippen molar-refractivity contribution in [2.75, 3.05) is 6.54 Å². The molecular weight excluding hydrogens is 288 g/mol. The summed E-state index contributed by atoms with van der Waals surface area (Å²) in [7, 11) is 0. The SMILES string of the molecule is O=C(NCC1CCCC[C@@H]1O)c1cc(-c2cccs2)on1. The highest BCUT2D eigenvalue weighted by Crippen LogP contribution is 2.26. The Morgan fingerprint density at radius 3 is 3.10 bits per heavy atom. The van der Waals surface area contributed by atoms with Crippen molar-refractivity contribution in [3.8, 4) is 10.6 Å². The first kappa shape index (κ1) is 14.3. The second-order valence-electron chi connectivity index (χ2n) is 5.38. The average Bonchev–Trinajstić information content (AvgIpc) is 3.16. The average molecular weight is 306 g/mol. The number of amides is 1. The highest BCUT2D eigenvalue weighted by Gasteiger charge is 2.24. The van der Waals surface area contributed by atoms with Crippen LogP contribution in [-0.4, -0.2) is 28.8 Å². The Hall–Kier alpha value is -1.66. The third-order valence-corrected chi connectivity index (χ3v) is 4.79. The van der Waals surface area contributed by atoms with Crippen molar-refractivity contribution in [2.45, 2.75) is 31.8 Å². The van der Waals surface area contributed by atoms with E-state index in [0.29, 0.717) is 12.3 Å². The molecule has 0 saturated heterocycles. The van der Waals surface area contributed by atoms with Gasteiger partial charge in [0.1, 0.15) is 0 Å². The lowest BCUT2D eigenvalue weighted by Gasteiger charge is -2.27.